The maximum Gasteiger partial charge on any atom is 0.337 e. The van der Waals surface area contributed by atoms with Gasteiger partial charge in [-0.3, -0.25) is 9.89 Å². The standard InChI is InChI=1S/C29H30N2O2/c1-33-29(32)25-14-8-9-21(19-25)20-30-27-24-15-17-31(18-16-24)28(27)26(22-10-4-2-5-11-22)23-12-6-3-7-13-23/h2-14,19-20,24,26-28H,15-18H2,1H3. The van der Waals surface area contributed by atoms with Crippen LogP contribution in [-0.2, 0) is 4.74 Å². The summed E-state index contributed by atoms with van der Waals surface area (Å²) in [6.45, 7) is 2.27. The number of aliphatic imine (C=N–C) groups is 1. The Morgan fingerprint density at radius 1 is 0.939 bits per heavy atom. The Kier molecular flexibility index (Phi) is 6.36. The van der Waals surface area contributed by atoms with Crippen molar-refractivity contribution in [3.63, 3.8) is 0 Å². The van der Waals surface area contributed by atoms with Crippen LogP contribution in [0.15, 0.2) is 89.9 Å². The SMILES string of the molecule is COC(=O)c1cccc(C=NC2C3CCN(CC3)C2C(c2ccccc2)c2ccccc2)c1. The highest BCUT2D eigenvalue weighted by atomic mass is 16.5. The van der Waals surface area contributed by atoms with Gasteiger partial charge in [-0.05, 0) is 60.7 Å². The average Bonchev–Trinajstić information content (AvgIpc) is 2.89. The van der Waals surface area contributed by atoms with Gasteiger partial charge in [-0.25, -0.2) is 4.79 Å². The fraction of sp³-hybridized carbons (Fsp3) is 0.310. The number of carbonyl (C=O) groups excluding carboxylic acids is 1. The molecule has 3 aromatic rings. The molecule has 3 aliphatic rings. The van der Waals surface area contributed by atoms with E-state index in [1.54, 1.807) is 6.07 Å². The lowest BCUT2D eigenvalue weighted by atomic mass is 9.71. The Morgan fingerprint density at radius 3 is 2.18 bits per heavy atom. The van der Waals surface area contributed by atoms with Gasteiger partial charge in [0.1, 0.15) is 0 Å². The highest BCUT2D eigenvalue weighted by molar-refractivity contribution is 5.92. The van der Waals surface area contributed by atoms with Gasteiger partial charge in [0.2, 0.25) is 0 Å². The summed E-state index contributed by atoms with van der Waals surface area (Å²) in [6.07, 6.45) is 4.34. The van der Waals surface area contributed by atoms with Crippen molar-refractivity contribution < 1.29 is 9.53 Å². The lowest BCUT2D eigenvalue weighted by molar-refractivity contribution is 0.0215. The largest absolute Gasteiger partial charge is 0.465 e. The summed E-state index contributed by atoms with van der Waals surface area (Å²) in [7, 11) is 1.41. The highest BCUT2D eigenvalue weighted by Gasteiger charge is 2.46. The first-order chi connectivity index (χ1) is 16.2. The molecule has 0 N–H and O–H groups in total. The van der Waals surface area contributed by atoms with Crippen molar-refractivity contribution in [1.82, 2.24) is 4.90 Å². The van der Waals surface area contributed by atoms with Gasteiger partial charge in [-0.15, -0.1) is 0 Å². The third-order valence-electron chi connectivity index (χ3n) is 7.19. The number of rotatable bonds is 6. The molecule has 2 atom stereocenters. The molecule has 4 nitrogen and oxygen atoms in total. The molecule has 4 heteroatoms. The average molecular weight is 439 g/mol. The van der Waals surface area contributed by atoms with Crippen LogP contribution in [0.2, 0.25) is 0 Å². The molecule has 0 aliphatic carbocycles. The van der Waals surface area contributed by atoms with Crippen molar-refractivity contribution in [2.75, 3.05) is 20.2 Å². The second kappa shape index (κ2) is 9.72. The van der Waals surface area contributed by atoms with E-state index in [4.69, 9.17) is 9.73 Å². The van der Waals surface area contributed by atoms with Crippen LogP contribution in [0.25, 0.3) is 0 Å². The maximum absolute atomic E-state index is 12.0. The van der Waals surface area contributed by atoms with Gasteiger partial charge in [-0.1, -0.05) is 72.8 Å². The molecule has 3 fully saturated rings. The quantitative estimate of drug-likeness (QED) is 0.393. The van der Waals surface area contributed by atoms with Crippen molar-refractivity contribution in [2.24, 2.45) is 10.9 Å². The van der Waals surface area contributed by atoms with Crippen LogP contribution in [0.5, 0.6) is 0 Å². The molecule has 0 spiro atoms. The van der Waals surface area contributed by atoms with Crippen molar-refractivity contribution >= 4 is 12.2 Å². The van der Waals surface area contributed by atoms with Crippen molar-refractivity contribution in [1.29, 1.82) is 0 Å². The van der Waals surface area contributed by atoms with Gasteiger partial charge in [0, 0.05) is 18.2 Å². The zero-order valence-corrected chi connectivity index (χ0v) is 19.0. The molecule has 3 aromatic carbocycles. The minimum Gasteiger partial charge on any atom is -0.465 e. The summed E-state index contributed by atoms with van der Waals surface area (Å²) in [6, 6.07) is 29.8. The Bertz CT molecular complexity index is 1070. The number of carbonyl (C=O) groups is 1. The number of benzene rings is 3. The molecule has 2 unspecified atom stereocenters. The van der Waals surface area contributed by atoms with Crippen molar-refractivity contribution in [3.8, 4) is 0 Å². The van der Waals surface area contributed by atoms with E-state index in [9.17, 15) is 4.79 Å². The van der Waals surface area contributed by atoms with E-state index in [0.717, 1.165) is 18.7 Å². The van der Waals surface area contributed by atoms with Gasteiger partial charge in [0.25, 0.3) is 0 Å². The molecule has 6 rings (SSSR count). The molecule has 0 amide bonds. The number of nitrogens with zero attached hydrogens (tertiary/aromatic N) is 2. The molecule has 3 heterocycles. The number of hydrogen-bond donors (Lipinski definition) is 0. The van der Waals surface area contributed by atoms with Gasteiger partial charge in [0.05, 0.1) is 18.7 Å². The van der Waals surface area contributed by atoms with E-state index >= 15 is 0 Å². The van der Waals surface area contributed by atoms with Gasteiger partial charge < -0.3 is 4.74 Å². The molecule has 33 heavy (non-hydrogen) atoms. The first kappa shape index (κ1) is 21.6. The summed E-state index contributed by atoms with van der Waals surface area (Å²) in [4.78, 5) is 19.8. The number of piperidine rings is 3. The smallest absolute Gasteiger partial charge is 0.337 e. The Labute approximate surface area is 195 Å². The van der Waals surface area contributed by atoms with E-state index in [-0.39, 0.29) is 17.9 Å². The van der Waals surface area contributed by atoms with Crippen molar-refractivity contribution in [2.45, 2.75) is 30.8 Å². The second-order valence-corrected chi connectivity index (χ2v) is 9.05. The molecule has 2 bridgehead atoms. The number of hydrogen-bond acceptors (Lipinski definition) is 4. The molecule has 0 aromatic heterocycles. The molecule has 168 valence electrons. The molecule has 3 saturated heterocycles. The Balaban J connectivity index is 1.52. The number of esters is 1. The van der Waals surface area contributed by atoms with E-state index in [1.807, 2.05) is 24.4 Å². The third kappa shape index (κ3) is 4.49. The topological polar surface area (TPSA) is 41.9 Å². The fourth-order valence-corrected chi connectivity index (χ4v) is 5.62. The van der Waals surface area contributed by atoms with Crippen LogP contribution in [0.4, 0.5) is 0 Å². The third-order valence-corrected chi connectivity index (χ3v) is 7.19. The lowest BCUT2D eigenvalue weighted by Crippen LogP contribution is -2.59. The van der Waals surface area contributed by atoms with Crippen molar-refractivity contribution in [3.05, 3.63) is 107 Å². The van der Waals surface area contributed by atoms with Gasteiger partial charge >= 0.3 is 5.97 Å². The summed E-state index contributed by atoms with van der Waals surface area (Å²) in [5.41, 5.74) is 4.17. The molecule has 0 radical (unpaired) electrons. The first-order valence-electron chi connectivity index (χ1n) is 11.8. The lowest BCUT2D eigenvalue weighted by Gasteiger charge is -2.52. The summed E-state index contributed by atoms with van der Waals surface area (Å²) >= 11 is 0. The second-order valence-electron chi connectivity index (χ2n) is 9.05. The fourth-order valence-electron chi connectivity index (χ4n) is 5.62. The van der Waals surface area contributed by atoms with Crippen LogP contribution in [0.1, 0.15) is 45.8 Å². The normalized spacial score (nSPS) is 24.3. The van der Waals surface area contributed by atoms with Crippen LogP contribution in [0.3, 0.4) is 0 Å². The Hall–Kier alpha value is -3.24. The number of ether oxygens (including phenoxy) is 1. The minimum atomic E-state index is -0.320. The molecule has 3 aliphatic heterocycles. The van der Waals surface area contributed by atoms with Crippen LogP contribution >= 0.6 is 0 Å². The molecular weight excluding hydrogens is 408 g/mol. The first-order valence-corrected chi connectivity index (χ1v) is 11.8. The predicted molar refractivity (Wildman–Crippen MR) is 132 cm³/mol. The van der Waals surface area contributed by atoms with E-state index in [2.05, 4.69) is 65.6 Å². The molecular formula is C29H30N2O2. The van der Waals surface area contributed by atoms with E-state index in [0.29, 0.717) is 17.5 Å². The summed E-state index contributed by atoms with van der Waals surface area (Å²) < 4.78 is 4.88. The highest BCUT2D eigenvalue weighted by Crippen LogP contribution is 2.43. The van der Waals surface area contributed by atoms with Gasteiger partial charge in [0.15, 0.2) is 0 Å². The number of methoxy groups -OCH3 is 1. The molecule has 0 saturated carbocycles. The van der Waals surface area contributed by atoms with Crippen LogP contribution in [0, 0.1) is 5.92 Å². The Morgan fingerprint density at radius 2 is 1.58 bits per heavy atom. The summed E-state index contributed by atoms with van der Waals surface area (Å²) in [5, 5.41) is 0. The zero-order valence-electron chi connectivity index (χ0n) is 19.0. The predicted octanol–water partition coefficient (Wildman–Crippen LogP) is 5.19. The number of fused-ring (bicyclic) bond motifs is 3. The maximum atomic E-state index is 12.0. The van der Waals surface area contributed by atoms with E-state index < -0.39 is 0 Å². The monoisotopic (exact) mass is 438 g/mol. The van der Waals surface area contributed by atoms with E-state index in [1.165, 1.54) is 31.1 Å². The summed E-state index contributed by atoms with van der Waals surface area (Å²) in [5.74, 6) is 0.521. The zero-order chi connectivity index (χ0) is 22.6. The van der Waals surface area contributed by atoms with Crippen LogP contribution in [-0.4, -0.2) is 49.4 Å². The minimum absolute atomic E-state index is 0.208. The van der Waals surface area contributed by atoms with Gasteiger partial charge in [-0.2, -0.15) is 0 Å². The van der Waals surface area contributed by atoms with Crippen LogP contribution < -0.4 is 0 Å².